The van der Waals surface area contributed by atoms with Crippen molar-refractivity contribution in [3.8, 4) is 17.4 Å². The molecule has 0 unspecified atom stereocenters. The Labute approximate surface area is 182 Å². The van der Waals surface area contributed by atoms with Crippen molar-refractivity contribution in [2.45, 2.75) is 6.92 Å². The molecule has 1 N–H and O–H groups in total. The molecule has 1 amide bonds. The fourth-order valence-corrected chi connectivity index (χ4v) is 3.56. The van der Waals surface area contributed by atoms with Crippen molar-refractivity contribution < 1.29 is 4.79 Å². The quantitative estimate of drug-likeness (QED) is 0.476. The zero-order valence-corrected chi connectivity index (χ0v) is 17.0. The molecule has 0 bridgehead atoms. The predicted octanol–water partition coefficient (Wildman–Crippen LogP) is 3.43. The van der Waals surface area contributed by atoms with Gasteiger partial charge in [0.15, 0.2) is 0 Å². The molecule has 5 aromatic rings. The molecule has 0 aliphatic heterocycles. The fraction of sp³-hybridized carbons (Fsp3) is 0.0435. The lowest BCUT2D eigenvalue weighted by Crippen LogP contribution is -2.14. The number of carbonyl (C=O) groups excluding carboxylic acids is 1. The SMILES string of the molecule is Cc1c(C(=O)Nc2ccc(-n3nccn3)c(C#N)c2)cnn1-c1cncc2ccccc12. The van der Waals surface area contributed by atoms with Crippen LogP contribution in [0.4, 0.5) is 5.69 Å². The van der Waals surface area contributed by atoms with E-state index < -0.39 is 0 Å². The fourth-order valence-electron chi connectivity index (χ4n) is 3.56. The molecular formula is C23H16N8O. The average Bonchev–Trinajstić information content (AvgIpc) is 3.49. The van der Waals surface area contributed by atoms with Crippen LogP contribution < -0.4 is 5.32 Å². The van der Waals surface area contributed by atoms with Crippen molar-refractivity contribution in [1.82, 2.24) is 29.8 Å². The van der Waals surface area contributed by atoms with Gasteiger partial charge in [0.2, 0.25) is 0 Å². The topological polar surface area (TPSA) is 114 Å². The summed E-state index contributed by atoms with van der Waals surface area (Å²) in [5.41, 5.74) is 3.26. The molecule has 0 aliphatic carbocycles. The van der Waals surface area contributed by atoms with Crippen LogP contribution in [0.1, 0.15) is 21.6 Å². The Morgan fingerprint density at radius 3 is 2.62 bits per heavy atom. The first-order chi connectivity index (χ1) is 15.7. The number of nitrogens with zero attached hydrogens (tertiary/aromatic N) is 7. The van der Waals surface area contributed by atoms with E-state index >= 15 is 0 Å². The Kier molecular flexibility index (Phi) is 4.65. The van der Waals surface area contributed by atoms with Gasteiger partial charge in [0.25, 0.3) is 5.91 Å². The van der Waals surface area contributed by atoms with Gasteiger partial charge in [-0.05, 0) is 25.1 Å². The van der Waals surface area contributed by atoms with Gasteiger partial charge in [-0.3, -0.25) is 9.78 Å². The highest BCUT2D eigenvalue weighted by atomic mass is 16.1. The third-order valence-corrected chi connectivity index (χ3v) is 5.14. The number of nitrogens with one attached hydrogen (secondary N) is 1. The molecule has 0 radical (unpaired) electrons. The van der Waals surface area contributed by atoms with Crippen LogP contribution in [0, 0.1) is 18.3 Å². The first-order valence-corrected chi connectivity index (χ1v) is 9.75. The Hall–Kier alpha value is -4.84. The summed E-state index contributed by atoms with van der Waals surface area (Å²) in [5.74, 6) is -0.323. The number of amides is 1. The minimum atomic E-state index is -0.323. The number of nitriles is 1. The lowest BCUT2D eigenvalue weighted by Gasteiger charge is -2.10. The number of hydrogen-bond donors (Lipinski definition) is 1. The Bertz CT molecular complexity index is 1490. The minimum absolute atomic E-state index is 0.323. The van der Waals surface area contributed by atoms with E-state index in [2.05, 4.69) is 31.7 Å². The second-order valence-corrected chi connectivity index (χ2v) is 7.05. The summed E-state index contributed by atoms with van der Waals surface area (Å²) in [5, 5.41) is 26.8. The Morgan fingerprint density at radius 2 is 1.81 bits per heavy atom. The molecule has 9 heteroatoms. The van der Waals surface area contributed by atoms with E-state index in [-0.39, 0.29) is 5.91 Å². The number of anilines is 1. The first kappa shape index (κ1) is 19.1. The van der Waals surface area contributed by atoms with Gasteiger partial charge < -0.3 is 5.32 Å². The van der Waals surface area contributed by atoms with Crippen molar-refractivity contribution in [3.05, 3.63) is 90.3 Å². The van der Waals surface area contributed by atoms with Crippen LogP contribution in [0.25, 0.3) is 22.1 Å². The van der Waals surface area contributed by atoms with Crippen molar-refractivity contribution >= 4 is 22.4 Å². The summed E-state index contributed by atoms with van der Waals surface area (Å²) >= 11 is 0. The van der Waals surface area contributed by atoms with Gasteiger partial charge in [-0.15, -0.1) is 0 Å². The largest absolute Gasteiger partial charge is 0.322 e. The smallest absolute Gasteiger partial charge is 0.259 e. The van der Waals surface area contributed by atoms with E-state index in [9.17, 15) is 10.1 Å². The average molecular weight is 420 g/mol. The zero-order valence-electron chi connectivity index (χ0n) is 17.0. The molecule has 0 aliphatic rings. The van der Waals surface area contributed by atoms with Gasteiger partial charge in [-0.1, -0.05) is 24.3 Å². The summed E-state index contributed by atoms with van der Waals surface area (Å²) in [6.07, 6.45) is 8.11. The number of aromatic nitrogens is 6. The highest BCUT2D eigenvalue weighted by molar-refractivity contribution is 6.05. The Balaban J connectivity index is 1.45. The van der Waals surface area contributed by atoms with Gasteiger partial charge >= 0.3 is 0 Å². The lowest BCUT2D eigenvalue weighted by molar-refractivity contribution is 0.102. The highest BCUT2D eigenvalue weighted by Gasteiger charge is 2.17. The number of pyridine rings is 1. The lowest BCUT2D eigenvalue weighted by atomic mass is 10.1. The number of hydrogen-bond acceptors (Lipinski definition) is 6. The van der Waals surface area contributed by atoms with Crippen LogP contribution in [0.3, 0.4) is 0 Å². The number of benzene rings is 2. The molecule has 0 saturated heterocycles. The molecule has 5 rings (SSSR count). The maximum absolute atomic E-state index is 13.0. The maximum atomic E-state index is 13.0. The monoisotopic (exact) mass is 420 g/mol. The van der Waals surface area contributed by atoms with Crippen molar-refractivity contribution in [2.75, 3.05) is 5.32 Å². The van der Waals surface area contributed by atoms with Crippen LogP contribution in [0.15, 0.2) is 73.4 Å². The van der Waals surface area contributed by atoms with Crippen LogP contribution >= 0.6 is 0 Å². The summed E-state index contributed by atoms with van der Waals surface area (Å²) < 4.78 is 1.71. The third kappa shape index (κ3) is 3.26. The van der Waals surface area contributed by atoms with Gasteiger partial charge in [0.05, 0.1) is 47.3 Å². The van der Waals surface area contributed by atoms with Gasteiger partial charge in [0, 0.05) is 22.7 Å². The zero-order chi connectivity index (χ0) is 22.1. The molecule has 3 heterocycles. The molecule has 32 heavy (non-hydrogen) atoms. The van der Waals surface area contributed by atoms with Gasteiger partial charge in [-0.2, -0.15) is 25.4 Å². The predicted molar refractivity (Wildman–Crippen MR) is 118 cm³/mol. The van der Waals surface area contributed by atoms with Crippen molar-refractivity contribution in [1.29, 1.82) is 5.26 Å². The first-order valence-electron chi connectivity index (χ1n) is 9.75. The second-order valence-electron chi connectivity index (χ2n) is 7.05. The molecule has 9 nitrogen and oxygen atoms in total. The van der Waals surface area contributed by atoms with E-state index in [0.29, 0.717) is 28.2 Å². The standard InChI is InChI=1S/C23H16N8O/c1-15-20(13-28-30(15)22-14-25-12-16-4-2-3-5-19(16)22)23(32)29-18-6-7-21(17(10-18)11-24)31-26-8-9-27-31/h2-10,12-14H,1H3,(H,29,32). The molecule has 0 atom stereocenters. The normalized spacial score (nSPS) is 10.8. The van der Waals surface area contributed by atoms with Gasteiger partial charge in [-0.25, -0.2) is 4.68 Å². The Morgan fingerprint density at radius 1 is 1.00 bits per heavy atom. The minimum Gasteiger partial charge on any atom is -0.322 e. The maximum Gasteiger partial charge on any atom is 0.259 e. The number of fused-ring (bicyclic) bond motifs is 1. The molecular weight excluding hydrogens is 404 g/mol. The summed E-state index contributed by atoms with van der Waals surface area (Å²) in [6, 6.07) is 15.0. The van der Waals surface area contributed by atoms with E-state index in [1.807, 2.05) is 31.2 Å². The van der Waals surface area contributed by atoms with Crippen LogP contribution in [-0.4, -0.2) is 35.7 Å². The number of carbonyl (C=O) groups is 1. The van der Waals surface area contributed by atoms with E-state index in [1.165, 1.54) is 23.4 Å². The van der Waals surface area contributed by atoms with E-state index in [0.717, 1.165) is 16.5 Å². The van der Waals surface area contributed by atoms with Crippen LogP contribution in [-0.2, 0) is 0 Å². The van der Waals surface area contributed by atoms with Crippen molar-refractivity contribution in [3.63, 3.8) is 0 Å². The van der Waals surface area contributed by atoms with Crippen molar-refractivity contribution in [2.24, 2.45) is 0 Å². The molecule has 2 aromatic carbocycles. The third-order valence-electron chi connectivity index (χ3n) is 5.14. The summed E-state index contributed by atoms with van der Waals surface area (Å²) in [6.45, 7) is 1.83. The van der Waals surface area contributed by atoms with E-state index in [4.69, 9.17) is 0 Å². The summed E-state index contributed by atoms with van der Waals surface area (Å²) in [7, 11) is 0. The van der Waals surface area contributed by atoms with E-state index in [1.54, 1.807) is 35.3 Å². The molecule has 0 spiro atoms. The molecule has 3 aromatic heterocycles. The molecule has 154 valence electrons. The molecule has 0 saturated carbocycles. The van der Waals surface area contributed by atoms with Crippen LogP contribution in [0.5, 0.6) is 0 Å². The van der Waals surface area contributed by atoms with Gasteiger partial charge in [0.1, 0.15) is 11.8 Å². The number of rotatable bonds is 4. The summed E-state index contributed by atoms with van der Waals surface area (Å²) in [4.78, 5) is 18.6. The van der Waals surface area contributed by atoms with Crippen LogP contribution in [0.2, 0.25) is 0 Å². The second kappa shape index (κ2) is 7.77. The highest BCUT2D eigenvalue weighted by Crippen LogP contribution is 2.24. The molecule has 0 fully saturated rings.